The lowest BCUT2D eigenvalue weighted by Gasteiger charge is -2.32. The zero-order valence-corrected chi connectivity index (χ0v) is 15.4. The number of anilines is 1. The highest BCUT2D eigenvalue weighted by Gasteiger charge is 2.21. The molecule has 3 rings (SSSR count). The van der Waals surface area contributed by atoms with E-state index in [9.17, 15) is 18.5 Å². The Morgan fingerprint density at radius 3 is 2.65 bits per heavy atom. The van der Waals surface area contributed by atoms with E-state index >= 15 is 0 Å². The van der Waals surface area contributed by atoms with Crippen LogP contribution in [0.3, 0.4) is 0 Å². The van der Waals surface area contributed by atoms with Crippen molar-refractivity contribution in [2.45, 2.75) is 18.9 Å². The molecule has 0 saturated carbocycles. The number of aromatic nitrogens is 1. The quantitative estimate of drug-likeness (QED) is 0.606. The molecule has 0 aliphatic carbocycles. The Balaban J connectivity index is 1.67. The van der Waals surface area contributed by atoms with Crippen LogP contribution in [0, 0.1) is 10.1 Å². The number of sulfone groups is 1. The number of nitrogens with one attached hydrogen (secondary N) is 1. The second kappa shape index (κ2) is 7.55. The lowest BCUT2D eigenvalue weighted by molar-refractivity contribution is -0.383. The molecule has 0 bridgehead atoms. The van der Waals surface area contributed by atoms with E-state index in [4.69, 9.17) is 0 Å². The summed E-state index contributed by atoms with van der Waals surface area (Å²) in [5, 5.41) is 16.0. The van der Waals surface area contributed by atoms with Crippen molar-refractivity contribution in [1.82, 2.24) is 9.88 Å². The third kappa shape index (κ3) is 4.47. The zero-order chi connectivity index (χ0) is 18.7. The Morgan fingerprint density at radius 2 is 2.00 bits per heavy atom. The molecule has 8 nitrogen and oxygen atoms in total. The Morgan fingerprint density at radius 1 is 1.27 bits per heavy atom. The van der Waals surface area contributed by atoms with E-state index in [2.05, 4.69) is 15.2 Å². The molecule has 9 heteroatoms. The fourth-order valence-electron chi connectivity index (χ4n) is 3.28. The molecule has 1 aliphatic heterocycles. The summed E-state index contributed by atoms with van der Waals surface area (Å²) in [7, 11) is -2.94. The number of rotatable bonds is 6. The normalized spacial score (nSPS) is 16.7. The first-order valence-electron chi connectivity index (χ1n) is 8.51. The van der Waals surface area contributed by atoms with E-state index in [1.165, 1.54) is 18.5 Å². The van der Waals surface area contributed by atoms with Crippen LogP contribution in [0.25, 0.3) is 10.8 Å². The largest absolute Gasteiger partial charge is 0.382 e. The average molecular weight is 378 g/mol. The second-order valence-electron chi connectivity index (χ2n) is 6.70. The summed E-state index contributed by atoms with van der Waals surface area (Å²) in [6, 6.07) is 5.29. The van der Waals surface area contributed by atoms with Gasteiger partial charge < -0.3 is 10.2 Å². The lowest BCUT2D eigenvalue weighted by atomic mass is 10.0. The molecule has 0 atom stereocenters. The predicted molar refractivity (Wildman–Crippen MR) is 101 cm³/mol. The Bertz CT molecular complexity index is 908. The number of nitro groups is 1. The standard InChI is InChI=1S/C17H22N4O4S/c1-26(24,25)11-10-20-8-5-13(6-9-20)19-16-2-3-17(21(22)23)15-12-18-7-4-14(15)16/h2-4,7,12-13,19H,5-6,8-11H2,1H3. The number of nitro benzene ring substituents is 1. The number of benzene rings is 1. The van der Waals surface area contributed by atoms with Crippen LogP contribution < -0.4 is 5.32 Å². The molecular formula is C17H22N4O4S. The Kier molecular flexibility index (Phi) is 5.38. The topological polar surface area (TPSA) is 105 Å². The highest BCUT2D eigenvalue weighted by molar-refractivity contribution is 7.90. The molecule has 2 heterocycles. The highest BCUT2D eigenvalue weighted by Crippen LogP contribution is 2.31. The Hall–Kier alpha value is -2.26. The first-order valence-corrected chi connectivity index (χ1v) is 10.6. The number of hydrogen-bond acceptors (Lipinski definition) is 7. The number of pyridine rings is 1. The van der Waals surface area contributed by atoms with Crippen molar-refractivity contribution in [3.05, 3.63) is 40.7 Å². The molecule has 1 aliphatic rings. The van der Waals surface area contributed by atoms with Crippen LogP contribution in [0.2, 0.25) is 0 Å². The molecule has 0 radical (unpaired) electrons. The molecule has 2 aromatic rings. The van der Waals surface area contributed by atoms with Crippen molar-refractivity contribution < 1.29 is 13.3 Å². The van der Waals surface area contributed by atoms with E-state index in [1.54, 1.807) is 18.3 Å². The van der Waals surface area contributed by atoms with Crippen LogP contribution >= 0.6 is 0 Å². The molecule has 1 saturated heterocycles. The average Bonchev–Trinajstić information content (AvgIpc) is 2.60. The fourth-order valence-corrected chi connectivity index (χ4v) is 3.87. The summed E-state index contributed by atoms with van der Waals surface area (Å²) in [4.78, 5) is 17.0. The summed E-state index contributed by atoms with van der Waals surface area (Å²) in [6.45, 7) is 2.23. The number of fused-ring (bicyclic) bond motifs is 1. The summed E-state index contributed by atoms with van der Waals surface area (Å²) in [5.41, 5.74) is 0.914. The zero-order valence-electron chi connectivity index (χ0n) is 14.6. The van der Waals surface area contributed by atoms with Gasteiger partial charge in [0.25, 0.3) is 5.69 Å². The maximum atomic E-state index is 11.3. The van der Waals surface area contributed by atoms with Crippen molar-refractivity contribution in [3.8, 4) is 0 Å². The van der Waals surface area contributed by atoms with Gasteiger partial charge in [-0.25, -0.2) is 8.42 Å². The molecule has 1 N–H and O–H groups in total. The summed E-state index contributed by atoms with van der Waals surface area (Å²) in [6.07, 6.45) is 6.20. The number of non-ortho nitro benzene ring substituents is 1. The van der Waals surface area contributed by atoms with E-state index in [1.807, 2.05) is 0 Å². The van der Waals surface area contributed by atoms with Crippen molar-refractivity contribution in [1.29, 1.82) is 0 Å². The van der Waals surface area contributed by atoms with Gasteiger partial charge in [-0.2, -0.15) is 0 Å². The minimum Gasteiger partial charge on any atom is -0.382 e. The second-order valence-corrected chi connectivity index (χ2v) is 8.96. The van der Waals surface area contributed by atoms with E-state index in [0.29, 0.717) is 11.9 Å². The van der Waals surface area contributed by atoms with Crippen molar-refractivity contribution in [2.75, 3.05) is 37.0 Å². The lowest BCUT2D eigenvalue weighted by Crippen LogP contribution is -2.41. The molecule has 0 amide bonds. The van der Waals surface area contributed by atoms with Gasteiger partial charge in [0.1, 0.15) is 9.84 Å². The van der Waals surface area contributed by atoms with Gasteiger partial charge in [0.05, 0.1) is 16.1 Å². The van der Waals surface area contributed by atoms with Gasteiger partial charge >= 0.3 is 0 Å². The maximum absolute atomic E-state index is 11.3. The van der Waals surface area contributed by atoms with Crippen molar-refractivity contribution >= 4 is 32.0 Å². The number of nitrogens with zero attached hydrogens (tertiary/aromatic N) is 3. The van der Waals surface area contributed by atoms with Gasteiger partial charge in [-0.1, -0.05) is 0 Å². The van der Waals surface area contributed by atoms with E-state index < -0.39 is 14.8 Å². The van der Waals surface area contributed by atoms with Gasteiger partial charge in [-0.05, 0) is 25.0 Å². The van der Waals surface area contributed by atoms with Crippen molar-refractivity contribution in [3.63, 3.8) is 0 Å². The van der Waals surface area contributed by atoms with Gasteiger partial charge in [0.2, 0.25) is 0 Å². The predicted octanol–water partition coefficient (Wildman–Crippen LogP) is 2.06. The summed E-state index contributed by atoms with van der Waals surface area (Å²) in [5.74, 6) is 0.186. The number of likely N-dealkylation sites (tertiary alicyclic amines) is 1. The monoisotopic (exact) mass is 378 g/mol. The van der Waals surface area contributed by atoms with Crippen LogP contribution in [0.15, 0.2) is 30.6 Å². The highest BCUT2D eigenvalue weighted by atomic mass is 32.2. The minimum atomic E-state index is -2.94. The first-order chi connectivity index (χ1) is 12.3. The van der Waals surface area contributed by atoms with E-state index in [-0.39, 0.29) is 17.5 Å². The molecule has 1 aromatic carbocycles. The number of piperidine rings is 1. The molecule has 26 heavy (non-hydrogen) atoms. The summed E-state index contributed by atoms with van der Waals surface area (Å²) >= 11 is 0. The smallest absolute Gasteiger partial charge is 0.278 e. The fraction of sp³-hybridized carbons (Fsp3) is 0.471. The van der Waals surface area contributed by atoms with Crippen LogP contribution in [0.5, 0.6) is 0 Å². The third-order valence-electron chi connectivity index (χ3n) is 4.72. The molecule has 140 valence electrons. The number of hydrogen-bond donors (Lipinski definition) is 1. The van der Waals surface area contributed by atoms with Gasteiger partial charge in [0, 0.05) is 61.5 Å². The van der Waals surface area contributed by atoms with Gasteiger partial charge in [-0.15, -0.1) is 0 Å². The van der Waals surface area contributed by atoms with Crippen LogP contribution in [-0.4, -0.2) is 60.9 Å². The SMILES string of the molecule is CS(=O)(=O)CCN1CCC(Nc2ccc([N+](=O)[O-])c3cnccc23)CC1. The molecule has 0 unspecified atom stereocenters. The molecular weight excluding hydrogens is 356 g/mol. The molecule has 1 fully saturated rings. The van der Waals surface area contributed by atoms with Crippen LogP contribution in [0.4, 0.5) is 11.4 Å². The summed E-state index contributed by atoms with van der Waals surface area (Å²) < 4.78 is 22.6. The van der Waals surface area contributed by atoms with Crippen LogP contribution in [0.1, 0.15) is 12.8 Å². The minimum absolute atomic E-state index is 0.0502. The van der Waals surface area contributed by atoms with Crippen molar-refractivity contribution in [2.24, 2.45) is 0 Å². The Labute approximate surface area is 152 Å². The molecule has 1 aromatic heterocycles. The van der Waals surface area contributed by atoms with Gasteiger partial charge in [-0.3, -0.25) is 15.1 Å². The third-order valence-corrected chi connectivity index (χ3v) is 5.64. The first kappa shape index (κ1) is 18.5. The van der Waals surface area contributed by atoms with Crippen LogP contribution in [-0.2, 0) is 9.84 Å². The van der Waals surface area contributed by atoms with E-state index in [0.717, 1.165) is 37.0 Å². The van der Waals surface area contributed by atoms with Gasteiger partial charge in [0.15, 0.2) is 0 Å². The maximum Gasteiger partial charge on any atom is 0.278 e. The molecule has 0 spiro atoms.